The van der Waals surface area contributed by atoms with Gasteiger partial charge in [0, 0.05) is 30.4 Å². The SMILES string of the molecule is CCC1CNC(CC)(CC)CN1c1ccc(OC)c(C)c1. The molecular formula is C18H30N2O. The number of hydrogen-bond donors (Lipinski definition) is 1. The molecule has 0 radical (unpaired) electrons. The van der Waals surface area contributed by atoms with Crippen molar-refractivity contribution >= 4 is 5.69 Å². The van der Waals surface area contributed by atoms with Crippen LogP contribution < -0.4 is 15.0 Å². The zero-order valence-corrected chi connectivity index (χ0v) is 14.2. The van der Waals surface area contributed by atoms with Gasteiger partial charge in [-0.25, -0.2) is 0 Å². The molecule has 0 aromatic heterocycles. The quantitative estimate of drug-likeness (QED) is 0.894. The van der Waals surface area contributed by atoms with Gasteiger partial charge in [-0.3, -0.25) is 0 Å². The minimum atomic E-state index is 0.250. The Balaban J connectivity index is 2.30. The van der Waals surface area contributed by atoms with Crippen molar-refractivity contribution in [2.45, 2.75) is 58.5 Å². The predicted molar refractivity (Wildman–Crippen MR) is 90.5 cm³/mol. The number of ether oxygens (including phenoxy) is 1. The van der Waals surface area contributed by atoms with E-state index in [-0.39, 0.29) is 5.54 Å². The van der Waals surface area contributed by atoms with Gasteiger partial charge in [-0.05, 0) is 49.9 Å². The Morgan fingerprint density at radius 3 is 2.52 bits per heavy atom. The molecule has 1 aliphatic heterocycles. The maximum absolute atomic E-state index is 5.39. The number of nitrogens with one attached hydrogen (secondary N) is 1. The topological polar surface area (TPSA) is 24.5 Å². The lowest BCUT2D eigenvalue weighted by Gasteiger charge is -2.48. The summed E-state index contributed by atoms with van der Waals surface area (Å²) < 4.78 is 5.39. The summed E-state index contributed by atoms with van der Waals surface area (Å²) in [5.41, 5.74) is 2.79. The molecule has 3 nitrogen and oxygen atoms in total. The fraction of sp³-hybridized carbons (Fsp3) is 0.667. The Bertz CT molecular complexity index is 468. The highest BCUT2D eigenvalue weighted by Gasteiger charge is 2.36. The maximum atomic E-state index is 5.39. The summed E-state index contributed by atoms with van der Waals surface area (Å²) in [7, 11) is 1.74. The molecule has 1 N–H and O–H groups in total. The Morgan fingerprint density at radius 2 is 2.00 bits per heavy atom. The van der Waals surface area contributed by atoms with Gasteiger partial charge in [0.25, 0.3) is 0 Å². The fourth-order valence-corrected chi connectivity index (χ4v) is 3.39. The summed E-state index contributed by atoms with van der Waals surface area (Å²) in [6.45, 7) is 11.1. The summed E-state index contributed by atoms with van der Waals surface area (Å²) in [6, 6.07) is 7.14. The monoisotopic (exact) mass is 290 g/mol. The molecule has 0 bridgehead atoms. The number of methoxy groups -OCH3 is 1. The molecule has 0 spiro atoms. The van der Waals surface area contributed by atoms with Crippen LogP contribution in [0, 0.1) is 6.92 Å². The second-order valence-corrected chi connectivity index (χ2v) is 6.21. The molecule has 1 saturated heterocycles. The van der Waals surface area contributed by atoms with Gasteiger partial charge < -0.3 is 15.0 Å². The van der Waals surface area contributed by atoms with Gasteiger partial charge in [0.05, 0.1) is 7.11 Å². The normalized spacial score (nSPS) is 21.4. The molecule has 1 fully saturated rings. The number of piperazine rings is 1. The molecule has 1 aliphatic rings. The molecule has 0 aliphatic carbocycles. The van der Waals surface area contributed by atoms with E-state index in [2.05, 4.69) is 56.1 Å². The average molecular weight is 290 g/mol. The zero-order chi connectivity index (χ0) is 15.5. The molecule has 0 saturated carbocycles. The number of anilines is 1. The molecule has 1 unspecified atom stereocenters. The van der Waals surface area contributed by atoms with Crippen molar-refractivity contribution in [3.05, 3.63) is 23.8 Å². The Morgan fingerprint density at radius 1 is 1.29 bits per heavy atom. The lowest BCUT2D eigenvalue weighted by Crippen LogP contribution is -2.64. The standard InChI is InChI=1S/C18H30N2O/c1-6-15-12-19-18(7-2,8-3)13-20(15)16-9-10-17(21-5)14(4)11-16/h9-11,15,19H,6-8,12-13H2,1-5H3. The van der Waals surface area contributed by atoms with E-state index in [9.17, 15) is 0 Å². The second-order valence-electron chi connectivity index (χ2n) is 6.21. The second kappa shape index (κ2) is 6.69. The molecule has 3 heteroatoms. The Kier molecular flexibility index (Phi) is 5.15. The molecule has 1 heterocycles. The smallest absolute Gasteiger partial charge is 0.121 e. The molecule has 0 amide bonds. The van der Waals surface area contributed by atoms with Crippen molar-refractivity contribution in [2.75, 3.05) is 25.1 Å². The van der Waals surface area contributed by atoms with E-state index in [0.29, 0.717) is 6.04 Å². The van der Waals surface area contributed by atoms with Crippen LogP contribution in [0.4, 0.5) is 5.69 Å². The summed E-state index contributed by atoms with van der Waals surface area (Å²) >= 11 is 0. The first-order valence-electron chi connectivity index (χ1n) is 8.25. The average Bonchev–Trinajstić information content (AvgIpc) is 2.54. The third kappa shape index (κ3) is 3.18. The molecule has 1 atom stereocenters. The molecule has 21 heavy (non-hydrogen) atoms. The van der Waals surface area contributed by atoms with Crippen LogP contribution in [0.5, 0.6) is 5.75 Å². The van der Waals surface area contributed by atoms with Crippen LogP contribution in [0.1, 0.15) is 45.6 Å². The summed E-state index contributed by atoms with van der Waals surface area (Å²) in [5.74, 6) is 0.971. The largest absolute Gasteiger partial charge is 0.496 e. The highest BCUT2D eigenvalue weighted by atomic mass is 16.5. The van der Waals surface area contributed by atoms with Crippen LogP contribution in [0.15, 0.2) is 18.2 Å². The number of rotatable bonds is 5. The Hall–Kier alpha value is -1.22. The van der Waals surface area contributed by atoms with Gasteiger partial charge in [-0.1, -0.05) is 20.8 Å². The van der Waals surface area contributed by atoms with Crippen LogP contribution in [0.3, 0.4) is 0 Å². The number of hydrogen-bond acceptors (Lipinski definition) is 3. The predicted octanol–water partition coefficient (Wildman–Crippen LogP) is 3.75. The lowest BCUT2D eigenvalue weighted by atomic mass is 9.87. The molecule has 2 rings (SSSR count). The van der Waals surface area contributed by atoms with E-state index in [1.54, 1.807) is 7.11 Å². The third-order valence-electron chi connectivity index (χ3n) is 5.16. The minimum Gasteiger partial charge on any atom is -0.496 e. The van der Waals surface area contributed by atoms with Crippen LogP contribution in [0.2, 0.25) is 0 Å². The van der Waals surface area contributed by atoms with E-state index < -0.39 is 0 Å². The van der Waals surface area contributed by atoms with Crippen molar-refractivity contribution in [2.24, 2.45) is 0 Å². The number of benzene rings is 1. The van der Waals surface area contributed by atoms with Gasteiger partial charge in [-0.2, -0.15) is 0 Å². The minimum absolute atomic E-state index is 0.250. The summed E-state index contributed by atoms with van der Waals surface area (Å²) in [6.07, 6.45) is 3.51. The van der Waals surface area contributed by atoms with E-state index in [4.69, 9.17) is 4.74 Å². The summed E-state index contributed by atoms with van der Waals surface area (Å²) in [5, 5.41) is 3.80. The van der Waals surface area contributed by atoms with Crippen molar-refractivity contribution in [1.29, 1.82) is 0 Å². The molecule has 1 aromatic rings. The molecule has 1 aromatic carbocycles. The van der Waals surface area contributed by atoms with Gasteiger partial charge in [0.2, 0.25) is 0 Å². The van der Waals surface area contributed by atoms with Gasteiger partial charge in [-0.15, -0.1) is 0 Å². The number of nitrogens with zero attached hydrogens (tertiary/aromatic N) is 1. The van der Waals surface area contributed by atoms with Crippen molar-refractivity contribution < 1.29 is 4.74 Å². The highest BCUT2D eigenvalue weighted by Crippen LogP contribution is 2.31. The van der Waals surface area contributed by atoms with E-state index in [1.807, 2.05) is 0 Å². The van der Waals surface area contributed by atoms with Crippen molar-refractivity contribution in [3.63, 3.8) is 0 Å². The Labute approximate surface area is 129 Å². The van der Waals surface area contributed by atoms with Gasteiger partial charge in [0.15, 0.2) is 0 Å². The van der Waals surface area contributed by atoms with Crippen LogP contribution in [-0.2, 0) is 0 Å². The van der Waals surface area contributed by atoms with Gasteiger partial charge >= 0.3 is 0 Å². The zero-order valence-electron chi connectivity index (χ0n) is 14.2. The van der Waals surface area contributed by atoms with Crippen LogP contribution >= 0.6 is 0 Å². The van der Waals surface area contributed by atoms with Crippen molar-refractivity contribution in [1.82, 2.24) is 5.32 Å². The first-order chi connectivity index (χ1) is 10.1. The van der Waals surface area contributed by atoms with Gasteiger partial charge in [0.1, 0.15) is 5.75 Å². The third-order valence-corrected chi connectivity index (χ3v) is 5.16. The molecule has 118 valence electrons. The summed E-state index contributed by atoms with van der Waals surface area (Å²) in [4.78, 5) is 2.59. The van der Waals surface area contributed by atoms with E-state index in [1.165, 1.54) is 30.5 Å². The highest BCUT2D eigenvalue weighted by molar-refractivity contribution is 5.54. The van der Waals surface area contributed by atoms with E-state index >= 15 is 0 Å². The number of aryl methyl sites for hydroxylation is 1. The van der Waals surface area contributed by atoms with Crippen molar-refractivity contribution in [3.8, 4) is 5.75 Å². The van der Waals surface area contributed by atoms with Crippen LogP contribution in [-0.4, -0.2) is 31.8 Å². The first kappa shape index (κ1) is 16.2. The first-order valence-corrected chi connectivity index (χ1v) is 8.25. The molecular weight excluding hydrogens is 260 g/mol. The van der Waals surface area contributed by atoms with E-state index in [0.717, 1.165) is 18.8 Å². The maximum Gasteiger partial charge on any atom is 0.121 e. The fourth-order valence-electron chi connectivity index (χ4n) is 3.39. The van der Waals surface area contributed by atoms with Crippen LogP contribution in [0.25, 0.3) is 0 Å². The lowest BCUT2D eigenvalue weighted by molar-refractivity contribution is 0.246.